The molecule has 0 aliphatic rings. The molecule has 1 aromatic rings. The summed E-state index contributed by atoms with van der Waals surface area (Å²) in [6.45, 7) is 0.937. The van der Waals surface area contributed by atoms with E-state index in [1.165, 1.54) is 12.3 Å². The molecule has 0 amide bonds. The lowest BCUT2D eigenvalue weighted by molar-refractivity contribution is 0.00149. The maximum atomic E-state index is 13.0. The second-order valence-corrected chi connectivity index (χ2v) is 3.16. The molecule has 0 spiro atoms. The van der Waals surface area contributed by atoms with Gasteiger partial charge in [0.05, 0.1) is 11.6 Å². The zero-order chi connectivity index (χ0) is 10.1. The Labute approximate surface area is 79.7 Å². The first-order valence-electron chi connectivity index (χ1n) is 3.68. The van der Waals surface area contributed by atoms with Gasteiger partial charge in [0.2, 0.25) is 0 Å². The van der Waals surface area contributed by atoms with Gasteiger partial charge in [-0.1, -0.05) is 11.6 Å². The molecule has 1 aromatic heterocycles. The predicted octanol–water partition coefficient (Wildman–Crippen LogP) is 2.09. The van der Waals surface area contributed by atoms with Gasteiger partial charge in [-0.25, -0.2) is 0 Å². The summed E-state index contributed by atoms with van der Waals surface area (Å²) in [6, 6.07) is 1.44. The average molecular weight is 207 g/mol. The molecule has 13 heavy (non-hydrogen) atoms. The van der Waals surface area contributed by atoms with Gasteiger partial charge in [0.15, 0.2) is 0 Å². The second kappa shape index (κ2) is 3.55. The Bertz CT molecular complexity index is 315. The fourth-order valence-electron chi connectivity index (χ4n) is 0.899. The van der Waals surface area contributed by atoms with Crippen LogP contribution >= 0.6 is 11.6 Å². The number of nitrogens with two attached hydrogens (primary N) is 1. The van der Waals surface area contributed by atoms with Crippen LogP contribution in [0, 0.1) is 6.92 Å². The van der Waals surface area contributed by atoms with E-state index in [4.69, 9.17) is 17.3 Å². The monoisotopic (exact) mass is 206 g/mol. The Balaban J connectivity index is 3.16. The highest BCUT2D eigenvalue weighted by Gasteiger charge is 2.33. The Morgan fingerprint density at radius 2 is 2.23 bits per heavy atom. The van der Waals surface area contributed by atoms with Crippen LogP contribution in [0.5, 0.6) is 0 Å². The van der Waals surface area contributed by atoms with Crippen molar-refractivity contribution in [1.29, 1.82) is 0 Å². The van der Waals surface area contributed by atoms with E-state index in [1.807, 2.05) is 0 Å². The summed E-state index contributed by atoms with van der Waals surface area (Å²) in [5.74, 6) is -3.15. The molecule has 0 aliphatic heterocycles. The van der Waals surface area contributed by atoms with Gasteiger partial charge in [0, 0.05) is 6.20 Å². The van der Waals surface area contributed by atoms with E-state index in [0.717, 1.165) is 5.56 Å². The highest BCUT2D eigenvalue weighted by atomic mass is 35.5. The van der Waals surface area contributed by atoms with Gasteiger partial charge in [0.25, 0.3) is 0 Å². The number of hydrogen-bond donors (Lipinski definition) is 1. The first kappa shape index (κ1) is 10.3. The van der Waals surface area contributed by atoms with Crippen LogP contribution in [0.3, 0.4) is 0 Å². The molecule has 0 atom stereocenters. The number of alkyl halides is 2. The molecule has 1 rings (SSSR count). The number of nitrogens with zero attached hydrogens (tertiary/aromatic N) is 1. The summed E-state index contributed by atoms with van der Waals surface area (Å²) < 4.78 is 26.0. The molecule has 0 saturated carbocycles. The molecule has 0 fully saturated rings. The van der Waals surface area contributed by atoms with Gasteiger partial charge in [-0.15, -0.1) is 0 Å². The van der Waals surface area contributed by atoms with E-state index >= 15 is 0 Å². The molecule has 0 aromatic carbocycles. The highest BCUT2D eigenvalue weighted by molar-refractivity contribution is 6.31. The van der Waals surface area contributed by atoms with Crippen LogP contribution in [0.25, 0.3) is 0 Å². The smallest absolute Gasteiger partial charge is 0.303 e. The average Bonchev–Trinajstić information content (AvgIpc) is 2.03. The topological polar surface area (TPSA) is 38.9 Å². The van der Waals surface area contributed by atoms with Crippen molar-refractivity contribution in [3.8, 4) is 0 Å². The van der Waals surface area contributed by atoms with Crippen molar-refractivity contribution in [3.63, 3.8) is 0 Å². The van der Waals surface area contributed by atoms with Gasteiger partial charge in [-0.3, -0.25) is 4.98 Å². The minimum atomic E-state index is -3.15. The van der Waals surface area contributed by atoms with Crippen LogP contribution in [0.1, 0.15) is 11.3 Å². The molecule has 5 heteroatoms. The lowest BCUT2D eigenvalue weighted by Crippen LogP contribution is -2.26. The summed E-state index contributed by atoms with van der Waals surface area (Å²) in [6.07, 6.45) is 1.34. The molecule has 2 nitrogen and oxygen atoms in total. The molecular weight excluding hydrogens is 198 g/mol. The maximum Gasteiger partial charge on any atom is 0.303 e. The van der Waals surface area contributed by atoms with E-state index in [2.05, 4.69) is 4.98 Å². The largest absolute Gasteiger partial charge is 0.325 e. The van der Waals surface area contributed by atoms with Crippen LogP contribution in [-0.2, 0) is 5.92 Å². The van der Waals surface area contributed by atoms with E-state index in [9.17, 15) is 8.78 Å². The van der Waals surface area contributed by atoms with E-state index in [1.54, 1.807) is 6.92 Å². The molecule has 0 saturated heterocycles. The normalized spacial score (nSPS) is 11.8. The number of hydrogen-bond acceptors (Lipinski definition) is 2. The van der Waals surface area contributed by atoms with Gasteiger partial charge >= 0.3 is 5.92 Å². The molecule has 0 bridgehead atoms. The first-order valence-corrected chi connectivity index (χ1v) is 4.05. The Hall–Kier alpha value is -0.740. The summed E-state index contributed by atoms with van der Waals surface area (Å²) in [5.41, 5.74) is 5.18. The van der Waals surface area contributed by atoms with Crippen LogP contribution in [0.4, 0.5) is 8.78 Å². The molecule has 1 heterocycles. The fourth-order valence-corrected chi connectivity index (χ4v) is 1.26. The minimum Gasteiger partial charge on any atom is -0.325 e. The van der Waals surface area contributed by atoms with Crippen molar-refractivity contribution < 1.29 is 8.78 Å². The van der Waals surface area contributed by atoms with Gasteiger partial charge in [-0.05, 0) is 18.6 Å². The number of rotatable bonds is 2. The van der Waals surface area contributed by atoms with Crippen molar-refractivity contribution in [1.82, 2.24) is 4.98 Å². The van der Waals surface area contributed by atoms with Crippen LogP contribution in [-0.4, -0.2) is 11.5 Å². The fraction of sp³-hybridized carbons (Fsp3) is 0.375. The third-order valence-corrected chi connectivity index (χ3v) is 1.87. The van der Waals surface area contributed by atoms with Gasteiger partial charge in [-0.2, -0.15) is 8.78 Å². The van der Waals surface area contributed by atoms with E-state index < -0.39 is 18.2 Å². The number of halogens is 3. The SMILES string of the molecule is Cc1cnc(C(F)(F)CN)c(Cl)c1. The quantitative estimate of drug-likeness (QED) is 0.805. The highest BCUT2D eigenvalue weighted by Crippen LogP contribution is 2.30. The zero-order valence-corrected chi connectivity index (χ0v) is 7.78. The van der Waals surface area contributed by atoms with Crippen LogP contribution < -0.4 is 5.73 Å². The lowest BCUT2D eigenvalue weighted by atomic mass is 10.2. The lowest BCUT2D eigenvalue weighted by Gasteiger charge is -2.14. The van der Waals surface area contributed by atoms with Gasteiger partial charge < -0.3 is 5.73 Å². The van der Waals surface area contributed by atoms with E-state index in [-0.39, 0.29) is 5.02 Å². The number of aromatic nitrogens is 1. The molecule has 72 valence electrons. The molecular formula is C8H9ClF2N2. The second-order valence-electron chi connectivity index (χ2n) is 2.75. The molecule has 0 radical (unpaired) electrons. The van der Waals surface area contributed by atoms with Crippen LogP contribution in [0.15, 0.2) is 12.3 Å². The van der Waals surface area contributed by atoms with Crippen molar-refractivity contribution in [2.45, 2.75) is 12.8 Å². The predicted molar refractivity (Wildman–Crippen MR) is 46.9 cm³/mol. The first-order chi connectivity index (χ1) is 5.97. The Morgan fingerprint density at radius 1 is 1.62 bits per heavy atom. The van der Waals surface area contributed by atoms with Crippen LogP contribution in [0.2, 0.25) is 5.02 Å². The summed E-state index contributed by atoms with van der Waals surface area (Å²) in [5, 5.41) is -0.0459. The van der Waals surface area contributed by atoms with Crippen molar-refractivity contribution in [3.05, 3.63) is 28.5 Å². The molecule has 0 unspecified atom stereocenters. The molecule has 2 N–H and O–H groups in total. The zero-order valence-electron chi connectivity index (χ0n) is 7.02. The third-order valence-electron chi connectivity index (χ3n) is 1.58. The summed E-state index contributed by atoms with van der Waals surface area (Å²) in [7, 11) is 0. The maximum absolute atomic E-state index is 13.0. The van der Waals surface area contributed by atoms with Crippen molar-refractivity contribution >= 4 is 11.6 Å². The Morgan fingerprint density at radius 3 is 2.69 bits per heavy atom. The third kappa shape index (κ3) is 2.14. The van der Waals surface area contributed by atoms with E-state index in [0.29, 0.717) is 0 Å². The molecule has 0 aliphatic carbocycles. The standard InChI is InChI=1S/C8H9ClF2N2/c1-5-2-6(9)7(13-3-5)8(10,11)4-12/h2-3H,4,12H2,1H3. The van der Waals surface area contributed by atoms with Crippen molar-refractivity contribution in [2.75, 3.05) is 6.54 Å². The van der Waals surface area contributed by atoms with Gasteiger partial charge in [0.1, 0.15) is 5.69 Å². The minimum absolute atomic E-state index is 0.0459. The Kier molecular flexibility index (Phi) is 2.83. The number of pyridine rings is 1. The summed E-state index contributed by atoms with van der Waals surface area (Å²) in [4.78, 5) is 3.56. The number of aryl methyl sites for hydroxylation is 1. The van der Waals surface area contributed by atoms with Crippen molar-refractivity contribution in [2.24, 2.45) is 5.73 Å². The summed E-state index contributed by atoms with van der Waals surface area (Å²) >= 11 is 5.59.